The number of aromatic amines is 1. The summed E-state index contributed by atoms with van der Waals surface area (Å²) in [6.45, 7) is 4.94. The van der Waals surface area contributed by atoms with Crippen molar-refractivity contribution in [2.75, 3.05) is 6.54 Å². The molecule has 2 amide bonds. The summed E-state index contributed by atoms with van der Waals surface area (Å²) in [5.74, 6) is -0.0271. The van der Waals surface area contributed by atoms with Crippen LogP contribution in [-0.2, 0) is 22.6 Å². The summed E-state index contributed by atoms with van der Waals surface area (Å²) >= 11 is 0. The molecule has 0 spiro atoms. The van der Waals surface area contributed by atoms with Crippen molar-refractivity contribution in [3.63, 3.8) is 0 Å². The first-order valence-electron chi connectivity index (χ1n) is 10.2. The van der Waals surface area contributed by atoms with Gasteiger partial charge in [-0.3, -0.25) is 9.59 Å². The van der Waals surface area contributed by atoms with Crippen LogP contribution in [0.5, 0.6) is 0 Å². The maximum atomic E-state index is 13.0. The van der Waals surface area contributed by atoms with Gasteiger partial charge in [-0.05, 0) is 43.9 Å². The molecule has 1 aliphatic rings. The number of carbonyl (C=O) groups excluding carboxylic acids is 2. The zero-order chi connectivity index (χ0) is 20.4. The van der Waals surface area contributed by atoms with Gasteiger partial charge in [0.1, 0.15) is 5.54 Å². The van der Waals surface area contributed by atoms with Gasteiger partial charge in [0.15, 0.2) is 0 Å². The highest BCUT2D eigenvalue weighted by molar-refractivity contribution is 5.94. The lowest BCUT2D eigenvalue weighted by Crippen LogP contribution is -2.54. The number of H-pyrrole nitrogens is 1. The van der Waals surface area contributed by atoms with Crippen LogP contribution in [0.1, 0.15) is 36.5 Å². The van der Waals surface area contributed by atoms with E-state index in [4.69, 9.17) is 0 Å². The third-order valence-corrected chi connectivity index (χ3v) is 6.06. The maximum Gasteiger partial charge on any atom is 0.245 e. The summed E-state index contributed by atoms with van der Waals surface area (Å²) in [5.41, 5.74) is 3.71. The number of benzene rings is 2. The van der Waals surface area contributed by atoms with E-state index in [9.17, 15) is 9.59 Å². The molecule has 1 aromatic heterocycles. The van der Waals surface area contributed by atoms with Crippen LogP contribution in [-0.4, -0.2) is 33.8 Å². The zero-order valence-corrected chi connectivity index (χ0v) is 17.0. The Morgan fingerprint density at radius 3 is 2.72 bits per heavy atom. The van der Waals surface area contributed by atoms with Crippen molar-refractivity contribution < 1.29 is 9.59 Å². The molecule has 0 bridgehead atoms. The van der Waals surface area contributed by atoms with Crippen molar-refractivity contribution in [1.82, 2.24) is 15.2 Å². The first-order valence-corrected chi connectivity index (χ1v) is 10.2. The predicted molar refractivity (Wildman–Crippen MR) is 114 cm³/mol. The second kappa shape index (κ2) is 7.74. The summed E-state index contributed by atoms with van der Waals surface area (Å²) in [4.78, 5) is 30.6. The third kappa shape index (κ3) is 3.77. The minimum absolute atomic E-state index is 0.0535. The van der Waals surface area contributed by atoms with Gasteiger partial charge >= 0.3 is 0 Å². The molecule has 1 aliphatic heterocycles. The average Bonchev–Trinajstić information content (AvgIpc) is 3.27. The van der Waals surface area contributed by atoms with E-state index in [1.807, 2.05) is 62.5 Å². The van der Waals surface area contributed by atoms with E-state index in [0.29, 0.717) is 25.9 Å². The highest BCUT2D eigenvalue weighted by Crippen LogP contribution is 2.31. The molecule has 2 N–H and O–H groups in total. The molecule has 2 heterocycles. The molecular formula is C24H27N3O2. The number of likely N-dealkylation sites (tertiary alicyclic amines) is 1. The Hall–Kier alpha value is -3.08. The molecule has 1 atom stereocenters. The number of hydrogen-bond donors (Lipinski definition) is 2. The van der Waals surface area contributed by atoms with Crippen molar-refractivity contribution >= 4 is 22.7 Å². The Labute approximate surface area is 171 Å². The van der Waals surface area contributed by atoms with E-state index >= 15 is 0 Å². The van der Waals surface area contributed by atoms with Gasteiger partial charge in [0, 0.05) is 36.6 Å². The molecule has 4 rings (SSSR count). The number of fused-ring (bicyclic) bond motifs is 1. The topological polar surface area (TPSA) is 65.2 Å². The van der Waals surface area contributed by atoms with Crippen LogP contribution >= 0.6 is 0 Å². The van der Waals surface area contributed by atoms with Gasteiger partial charge in [0.25, 0.3) is 0 Å². The fraction of sp³-hybridized carbons (Fsp3) is 0.333. The Bertz CT molecular complexity index is 1040. The fourth-order valence-corrected chi connectivity index (χ4v) is 4.15. The van der Waals surface area contributed by atoms with Crippen LogP contribution in [0.3, 0.4) is 0 Å². The molecule has 150 valence electrons. The Balaban J connectivity index is 1.44. The Kier molecular flexibility index (Phi) is 5.14. The molecule has 29 heavy (non-hydrogen) atoms. The van der Waals surface area contributed by atoms with E-state index in [1.54, 1.807) is 4.90 Å². The Morgan fingerprint density at radius 1 is 1.17 bits per heavy atom. The quantitative estimate of drug-likeness (QED) is 0.675. The molecule has 0 aliphatic carbocycles. The second-order valence-electron chi connectivity index (χ2n) is 8.10. The fourth-order valence-electron chi connectivity index (χ4n) is 4.15. The lowest BCUT2D eigenvalue weighted by Gasteiger charge is -2.34. The number of amides is 2. The smallest absolute Gasteiger partial charge is 0.245 e. The first kappa shape index (κ1) is 19.2. The summed E-state index contributed by atoms with van der Waals surface area (Å²) in [7, 11) is 0. The molecule has 5 nitrogen and oxygen atoms in total. The van der Waals surface area contributed by atoms with Gasteiger partial charge in [-0.15, -0.1) is 0 Å². The average molecular weight is 389 g/mol. The molecule has 2 aromatic carbocycles. The van der Waals surface area contributed by atoms with Crippen molar-refractivity contribution in [1.29, 1.82) is 0 Å². The van der Waals surface area contributed by atoms with Crippen LogP contribution in [0.2, 0.25) is 0 Å². The molecule has 0 saturated carbocycles. The molecule has 1 saturated heterocycles. The molecule has 0 radical (unpaired) electrons. The van der Waals surface area contributed by atoms with Crippen molar-refractivity contribution in [2.45, 2.75) is 45.2 Å². The van der Waals surface area contributed by atoms with Crippen molar-refractivity contribution in [3.05, 3.63) is 71.4 Å². The standard InChI is InChI=1S/C24H27N3O2/c1-17-7-9-18(10-8-17)15-26-23(29)24(2)13-11-22(28)27(24)14-12-19-16-25-21-6-4-3-5-20(19)21/h3-10,16,25H,11-15H2,1-2H3,(H,26,29)/t24-/m1/s1. The summed E-state index contributed by atoms with van der Waals surface area (Å²) < 4.78 is 0. The number of aryl methyl sites for hydroxylation is 1. The van der Waals surface area contributed by atoms with E-state index in [-0.39, 0.29) is 11.8 Å². The van der Waals surface area contributed by atoms with E-state index < -0.39 is 5.54 Å². The van der Waals surface area contributed by atoms with Crippen LogP contribution in [0, 0.1) is 6.92 Å². The van der Waals surface area contributed by atoms with E-state index in [1.165, 1.54) is 16.5 Å². The maximum absolute atomic E-state index is 13.0. The second-order valence-corrected chi connectivity index (χ2v) is 8.10. The minimum Gasteiger partial charge on any atom is -0.361 e. The van der Waals surface area contributed by atoms with Crippen LogP contribution in [0.15, 0.2) is 54.7 Å². The summed E-state index contributed by atoms with van der Waals surface area (Å²) in [6, 6.07) is 16.3. The number of carbonyl (C=O) groups is 2. The van der Waals surface area contributed by atoms with Gasteiger partial charge in [-0.25, -0.2) is 0 Å². The SMILES string of the molecule is Cc1ccc(CNC(=O)[C@@]2(C)CCC(=O)N2CCc2c[nH]c3ccccc23)cc1. The molecule has 3 aromatic rings. The molecular weight excluding hydrogens is 362 g/mol. The Morgan fingerprint density at radius 2 is 1.93 bits per heavy atom. The van der Waals surface area contributed by atoms with Gasteiger partial charge in [-0.2, -0.15) is 0 Å². The van der Waals surface area contributed by atoms with Crippen LogP contribution < -0.4 is 5.32 Å². The lowest BCUT2D eigenvalue weighted by molar-refractivity contribution is -0.140. The number of nitrogens with zero attached hydrogens (tertiary/aromatic N) is 1. The van der Waals surface area contributed by atoms with E-state index in [0.717, 1.165) is 17.5 Å². The predicted octanol–water partition coefficient (Wildman–Crippen LogP) is 3.72. The number of para-hydroxylation sites is 1. The van der Waals surface area contributed by atoms with Gasteiger partial charge in [0.05, 0.1) is 0 Å². The zero-order valence-electron chi connectivity index (χ0n) is 17.0. The minimum atomic E-state index is -0.798. The molecule has 1 fully saturated rings. The van der Waals surface area contributed by atoms with Crippen molar-refractivity contribution in [3.8, 4) is 0 Å². The van der Waals surface area contributed by atoms with Gasteiger partial charge in [0.2, 0.25) is 11.8 Å². The van der Waals surface area contributed by atoms with Crippen molar-refractivity contribution in [2.24, 2.45) is 0 Å². The first-order chi connectivity index (χ1) is 14.0. The summed E-state index contributed by atoms with van der Waals surface area (Å²) in [5, 5.41) is 4.21. The monoisotopic (exact) mass is 389 g/mol. The normalized spacial score (nSPS) is 19.1. The largest absolute Gasteiger partial charge is 0.361 e. The van der Waals surface area contributed by atoms with Crippen LogP contribution in [0.25, 0.3) is 10.9 Å². The lowest BCUT2D eigenvalue weighted by atomic mass is 9.97. The number of hydrogen-bond acceptors (Lipinski definition) is 2. The molecule has 0 unspecified atom stereocenters. The third-order valence-electron chi connectivity index (χ3n) is 6.06. The highest BCUT2D eigenvalue weighted by Gasteiger charge is 2.46. The molecule has 5 heteroatoms. The number of nitrogens with one attached hydrogen (secondary N) is 2. The summed E-state index contributed by atoms with van der Waals surface area (Å²) in [6.07, 6.45) is 3.69. The van der Waals surface area contributed by atoms with Crippen LogP contribution in [0.4, 0.5) is 0 Å². The van der Waals surface area contributed by atoms with Gasteiger partial charge in [-0.1, -0.05) is 48.0 Å². The number of rotatable bonds is 6. The highest BCUT2D eigenvalue weighted by atomic mass is 16.2. The van der Waals surface area contributed by atoms with E-state index in [2.05, 4.69) is 16.4 Å². The van der Waals surface area contributed by atoms with Gasteiger partial charge < -0.3 is 15.2 Å². The number of aromatic nitrogens is 1.